The van der Waals surface area contributed by atoms with Gasteiger partial charge in [0.25, 0.3) is 5.91 Å². The number of thiophene rings is 1. The summed E-state index contributed by atoms with van der Waals surface area (Å²) in [6, 6.07) is 15.4. The van der Waals surface area contributed by atoms with Crippen LogP contribution in [0.15, 0.2) is 53.9 Å². The number of rotatable bonds is 9. The van der Waals surface area contributed by atoms with E-state index >= 15 is 0 Å². The van der Waals surface area contributed by atoms with Crippen LogP contribution in [0.25, 0.3) is 0 Å². The fourth-order valence-corrected chi connectivity index (χ4v) is 5.13. The lowest BCUT2D eigenvalue weighted by Crippen LogP contribution is -2.43. The van der Waals surface area contributed by atoms with E-state index in [-0.39, 0.29) is 25.2 Å². The van der Waals surface area contributed by atoms with Crippen LogP contribution in [-0.2, 0) is 17.9 Å². The first-order valence-corrected chi connectivity index (χ1v) is 12.9. The molecule has 182 valence electrons. The van der Waals surface area contributed by atoms with Crippen LogP contribution in [0.5, 0.6) is 11.5 Å². The molecule has 2 amide bonds. The number of hydrogen-bond donors (Lipinski definition) is 0. The first kappa shape index (κ1) is 23.4. The second-order valence-corrected chi connectivity index (χ2v) is 10.5. The lowest BCUT2D eigenvalue weighted by molar-refractivity contribution is -0.133. The van der Waals surface area contributed by atoms with Crippen LogP contribution >= 0.6 is 11.3 Å². The Balaban J connectivity index is 1.36. The topological polar surface area (TPSA) is 59.1 Å². The van der Waals surface area contributed by atoms with E-state index in [4.69, 9.17) is 9.47 Å². The Labute approximate surface area is 210 Å². The SMILES string of the molecule is Cc1ccc(C(=O)N(CC(=O)N(Cc2ccc3c(c2)OCO3)Cc2sccc2C)CC2CC2)cc1. The normalized spacial score (nSPS) is 14.1. The zero-order valence-electron chi connectivity index (χ0n) is 20.2. The van der Waals surface area contributed by atoms with Crippen molar-refractivity contribution in [1.82, 2.24) is 9.80 Å². The molecule has 35 heavy (non-hydrogen) atoms. The molecule has 2 aliphatic rings. The van der Waals surface area contributed by atoms with Crippen molar-refractivity contribution >= 4 is 23.2 Å². The molecule has 0 bridgehead atoms. The summed E-state index contributed by atoms with van der Waals surface area (Å²) < 4.78 is 11.0. The molecule has 0 unspecified atom stereocenters. The number of amides is 2. The molecule has 2 aromatic carbocycles. The summed E-state index contributed by atoms with van der Waals surface area (Å²) in [5.74, 6) is 1.77. The Morgan fingerprint density at radius 3 is 2.43 bits per heavy atom. The van der Waals surface area contributed by atoms with Gasteiger partial charge in [0.2, 0.25) is 12.7 Å². The summed E-state index contributed by atoms with van der Waals surface area (Å²) in [7, 11) is 0. The van der Waals surface area contributed by atoms with Crippen LogP contribution in [0.4, 0.5) is 0 Å². The largest absolute Gasteiger partial charge is 0.454 e. The van der Waals surface area contributed by atoms with Crippen molar-refractivity contribution in [3.05, 3.63) is 81.0 Å². The highest BCUT2D eigenvalue weighted by Crippen LogP contribution is 2.33. The van der Waals surface area contributed by atoms with Gasteiger partial charge in [-0.15, -0.1) is 11.3 Å². The van der Waals surface area contributed by atoms with E-state index in [1.54, 1.807) is 16.2 Å². The molecule has 0 saturated heterocycles. The summed E-state index contributed by atoms with van der Waals surface area (Å²) in [4.78, 5) is 31.8. The predicted octanol–water partition coefficient (Wildman–Crippen LogP) is 5.17. The van der Waals surface area contributed by atoms with Gasteiger partial charge in [0, 0.05) is 23.5 Å². The average Bonchev–Trinajstić information content (AvgIpc) is 3.39. The number of aryl methyl sites for hydroxylation is 2. The smallest absolute Gasteiger partial charge is 0.254 e. The van der Waals surface area contributed by atoms with Crippen molar-refractivity contribution in [3.63, 3.8) is 0 Å². The monoisotopic (exact) mass is 490 g/mol. The van der Waals surface area contributed by atoms with E-state index in [1.807, 2.05) is 59.7 Å². The molecule has 1 aliphatic carbocycles. The Morgan fingerprint density at radius 2 is 1.71 bits per heavy atom. The maximum atomic E-state index is 13.7. The van der Waals surface area contributed by atoms with Gasteiger partial charge in [-0.1, -0.05) is 23.8 Å². The van der Waals surface area contributed by atoms with Gasteiger partial charge in [-0.2, -0.15) is 0 Å². The number of nitrogens with zero attached hydrogens (tertiary/aromatic N) is 2. The summed E-state index contributed by atoms with van der Waals surface area (Å²) in [5, 5.41) is 2.05. The number of carbonyl (C=O) groups excluding carboxylic acids is 2. The van der Waals surface area contributed by atoms with E-state index in [1.165, 1.54) is 5.56 Å². The van der Waals surface area contributed by atoms with Crippen molar-refractivity contribution in [2.75, 3.05) is 19.9 Å². The van der Waals surface area contributed by atoms with Gasteiger partial charge in [0.15, 0.2) is 11.5 Å². The van der Waals surface area contributed by atoms with E-state index in [2.05, 4.69) is 13.0 Å². The molecule has 0 atom stereocenters. The second kappa shape index (κ2) is 10.1. The minimum Gasteiger partial charge on any atom is -0.454 e. The Bertz CT molecular complexity index is 1220. The second-order valence-electron chi connectivity index (χ2n) is 9.46. The minimum absolute atomic E-state index is 0.0587. The molecule has 2 heterocycles. The van der Waals surface area contributed by atoms with Gasteiger partial charge in [-0.3, -0.25) is 9.59 Å². The number of fused-ring (bicyclic) bond motifs is 1. The molecular formula is C28H30N2O4S. The fourth-order valence-electron chi connectivity index (χ4n) is 4.20. The van der Waals surface area contributed by atoms with Gasteiger partial charge in [-0.25, -0.2) is 0 Å². The highest BCUT2D eigenvalue weighted by Gasteiger charge is 2.30. The average molecular weight is 491 g/mol. The number of ether oxygens (including phenoxy) is 2. The fraction of sp³-hybridized carbons (Fsp3) is 0.357. The van der Waals surface area contributed by atoms with Gasteiger partial charge in [0.1, 0.15) is 6.54 Å². The van der Waals surface area contributed by atoms with Crippen molar-refractivity contribution in [3.8, 4) is 11.5 Å². The molecule has 1 aromatic heterocycles. The number of hydrogen-bond acceptors (Lipinski definition) is 5. The molecule has 0 spiro atoms. The van der Waals surface area contributed by atoms with Crippen LogP contribution < -0.4 is 9.47 Å². The molecule has 1 fully saturated rings. The molecule has 7 heteroatoms. The molecule has 1 aliphatic heterocycles. The third-order valence-electron chi connectivity index (χ3n) is 6.55. The number of carbonyl (C=O) groups is 2. The molecular weight excluding hydrogens is 460 g/mol. The zero-order chi connectivity index (χ0) is 24.4. The third kappa shape index (κ3) is 5.68. The molecule has 0 N–H and O–H groups in total. The van der Waals surface area contributed by atoms with Crippen molar-refractivity contribution in [1.29, 1.82) is 0 Å². The van der Waals surface area contributed by atoms with Crippen molar-refractivity contribution < 1.29 is 19.1 Å². The highest BCUT2D eigenvalue weighted by molar-refractivity contribution is 7.10. The van der Waals surface area contributed by atoms with Gasteiger partial charge < -0.3 is 19.3 Å². The molecule has 6 nitrogen and oxygen atoms in total. The Hall–Kier alpha value is -3.32. The highest BCUT2D eigenvalue weighted by atomic mass is 32.1. The molecule has 3 aromatic rings. The van der Waals surface area contributed by atoms with Crippen LogP contribution in [0, 0.1) is 19.8 Å². The summed E-state index contributed by atoms with van der Waals surface area (Å²) >= 11 is 1.65. The van der Waals surface area contributed by atoms with Gasteiger partial charge in [0.05, 0.1) is 6.54 Å². The molecule has 0 radical (unpaired) electrons. The minimum atomic E-state index is -0.0828. The maximum Gasteiger partial charge on any atom is 0.254 e. The Kier molecular flexibility index (Phi) is 6.77. The molecule has 5 rings (SSSR count). The summed E-state index contributed by atoms with van der Waals surface area (Å²) in [6.45, 7) is 5.91. The van der Waals surface area contributed by atoms with Crippen LogP contribution in [-0.4, -0.2) is 41.5 Å². The Morgan fingerprint density at radius 1 is 0.943 bits per heavy atom. The van der Waals surface area contributed by atoms with E-state index in [0.717, 1.165) is 34.6 Å². The lowest BCUT2D eigenvalue weighted by Gasteiger charge is -2.28. The summed E-state index contributed by atoms with van der Waals surface area (Å²) in [6.07, 6.45) is 2.22. The predicted molar refractivity (Wildman–Crippen MR) is 136 cm³/mol. The number of benzene rings is 2. The van der Waals surface area contributed by atoms with Crippen molar-refractivity contribution in [2.45, 2.75) is 39.8 Å². The van der Waals surface area contributed by atoms with E-state index in [0.29, 0.717) is 36.9 Å². The lowest BCUT2D eigenvalue weighted by atomic mass is 10.1. The molecule has 1 saturated carbocycles. The summed E-state index contributed by atoms with van der Waals surface area (Å²) in [5.41, 5.74) is 3.87. The third-order valence-corrected chi connectivity index (χ3v) is 7.56. The maximum absolute atomic E-state index is 13.7. The van der Waals surface area contributed by atoms with Gasteiger partial charge >= 0.3 is 0 Å². The first-order chi connectivity index (χ1) is 17.0. The quantitative estimate of drug-likeness (QED) is 0.415. The van der Waals surface area contributed by atoms with Crippen LogP contribution in [0.1, 0.15) is 44.8 Å². The first-order valence-electron chi connectivity index (χ1n) is 12.0. The van der Waals surface area contributed by atoms with Crippen LogP contribution in [0.2, 0.25) is 0 Å². The van der Waals surface area contributed by atoms with Crippen LogP contribution in [0.3, 0.4) is 0 Å². The standard InChI is InChI=1S/C28H30N2O4S/c1-19-3-8-23(9-4-19)28(32)30(14-21-5-6-21)17-27(31)29(16-26-20(2)11-12-35-26)15-22-7-10-24-25(13-22)34-18-33-24/h3-4,7-13,21H,5-6,14-18H2,1-2H3. The van der Waals surface area contributed by atoms with E-state index < -0.39 is 0 Å². The zero-order valence-corrected chi connectivity index (χ0v) is 21.0. The van der Waals surface area contributed by atoms with Crippen molar-refractivity contribution in [2.24, 2.45) is 5.92 Å². The van der Waals surface area contributed by atoms with Gasteiger partial charge in [-0.05, 0) is 79.4 Å². The van der Waals surface area contributed by atoms with E-state index in [9.17, 15) is 9.59 Å².